The van der Waals surface area contributed by atoms with Crippen molar-refractivity contribution in [1.29, 1.82) is 0 Å². The smallest absolute Gasteiger partial charge is 0.326 e. The van der Waals surface area contributed by atoms with E-state index in [1.54, 1.807) is 24.3 Å². The molecular formula is C18H24N2O5. The molecule has 7 nitrogen and oxygen atoms in total. The number of anilines is 1. The SMILES string of the molecule is CC(C)OCC(=O)Nc1cccc(C(=O)N2CCCCC2C(=O)O)c1. The van der Waals surface area contributed by atoms with Gasteiger partial charge in [-0.1, -0.05) is 6.07 Å². The number of carbonyl (C=O) groups excluding carboxylic acids is 2. The maximum atomic E-state index is 12.7. The molecule has 2 amide bonds. The predicted octanol–water partition coefficient (Wildman–Crippen LogP) is 2.13. The molecule has 1 aromatic rings. The first-order valence-corrected chi connectivity index (χ1v) is 8.43. The summed E-state index contributed by atoms with van der Waals surface area (Å²) in [5, 5.41) is 12.0. The van der Waals surface area contributed by atoms with Gasteiger partial charge in [-0.25, -0.2) is 4.79 Å². The van der Waals surface area contributed by atoms with Crippen LogP contribution in [0.2, 0.25) is 0 Å². The van der Waals surface area contributed by atoms with Gasteiger partial charge in [0.25, 0.3) is 5.91 Å². The third kappa shape index (κ3) is 5.29. The fourth-order valence-electron chi connectivity index (χ4n) is 2.77. The lowest BCUT2D eigenvalue weighted by molar-refractivity contribution is -0.143. The Morgan fingerprint density at radius 3 is 2.76 bits per heavy atom. The van der Waals surface area contributed by atoms with Gasteiger partial charge in [-0.3, -0.25) is 9.59 Å². The minimum atomic E-state index is -0.983. The van der Waals surface area contributed by atoms with Crippen LogP contribution in [0.4, 0.5) is 5.69 Å². The highest BCUT2D eigenvalue weighted by atomic mass is 16.5. The standard InChI is InChI=1S/C18H24N2O5/c1-12(2)25-11-16(21)19-14-7-5-6-13(10-14)17(22)20-9-4-3-8-15(20)18(23)24/h5-7,10,12,15H,3-4,8-9,11H2,1-2H3,(H,19,21)(H,23,24). The minimum absolute atomic E-state index is 0.0503. The van der Waals surface area contributed by atoms with E-state index in [1.807, 2.05) is 13.8 Å². The zero-order chi connectivity index (χ0) is 18.4. The number of benzene rings is 1. The summed E-state index contributed by atoms with van der Waals surface area (Å²) in [4.78, 5) is 37.3. The van der Waals surface area contributed by atoms with E-state index in [1.165, 1.54) is 4.90 Å². The van der Waals surface area contributed by atoms with E-state index in [0.29, 0.717) is 24.2 Å². The van der Waals surface area contributed by atoms with Gasteiger partial charge in [0.1, 0.15) is 12.6 Å². The molecule has 1 unspecified atom stereocenters. The third-order valence-electron chi connectivity index (χ3n) is 3.99. The number of hydrogen-bond donors (Lipinski definition) is 2. The Hall–Kier alpha value is -2.41. The number of rotatable bonds is 6. The number of carbonyl (C=O) groups is 3. The summed E-state index contributed by atoms with van der Waals surface area (Å²) in [6.45, 7) is 4.03. The molecule has 0 radical (unpaired) electrons. The first-order valence-electron chi connectivity index (χ1n) is 8.43. The van der Waals surface area contributed by atoms with Crippen LogP contribution >= 0.6 is 0 Å². The molecular weight excluding hydrogens is 324 g/mol. The molecule has 2 N–H and O–H groups in total. The van der Waals surface area contributed by atoms with Gasteiger partial charge in [0.05, 0.1) is 6.10 Å². The number of carboxylic acid groups (broad SMARTS) is 1. The molecule has 1 aliphatic heterocycles. The van der Waals surface area contributed by atoms with Crippen LogP contribution in [0.5, 0.6) is 0 Å². The lowest BCUT2D eigenvalue weighted by Gasteiger charge is -2.33. The van der Waals surface area contributed by atoms with Crippen LogP contribution < -0.4 is 5.32 Å². The van der Waals surface area contributed by atoms with Crippen molar-refractivity contribution in [3.05, 3.63) is 29.8 Å². The minimum Gasteiger partial charge on any atom is -0.480 e. The number of hydrogen-bond acceptors (Lipinski definition) is 4. The Kier molecular flexibility index (Phi) is 6.52. The predicted molar refractivity (Wildman–Crippen MR) is 92.5 cm³/mol. The van der Waals surface area contributed by atoms with Gasteiger partial charge in [0.2, 0.25) is 5.91 Å². The molecule has 0 aromatic heterocycles. The highest BCUT2D eigenvalue weighted by Gasteiger charge is 2.32. The Labute approximate surface area is 147 Å². The van der Waals surface area contributed by atoms with Crippen molar-refractivity contribution in [2.75, 3.05) is 18.5 Å². The van der Waals surface area contributed by atoms with Crippen LogP contribution in [0.1, 0.15) is 43.5 Å². The van der Waals surface area contributed by atoms with E-state index < -0.39 is 12.0 Å². The molecule has 0 bridgehead atoms. The number of ether oxygens (including phenoxy) is 1. The van der Waals surface area contributed by atoms with Gasteiger partial charge in [0.15, 0.2) is 0 Å². The largest absolute Gasteiger partial charge is 0.480 e. The lowest BCUT2D eigenvalue weighted by atomic mass is 10.0. The first-order chi connectivity index (χ1) is 11.9. The highest BCUT2D eigenvalue weighted by Crippen LogP contribution is 2.21. The zero-order valence-corrected chi connectivity index (χ0v) is 14.5. The van der Waals surface area contributed by atoms with Crippen molar-refractivity contribution in [3.8, 4) is 0 Å². The maximum Gasteiger partial charge on any atom is 0.326 e. The normalized spacial score (nSPS) is 17.4. The Bertz CT molecular complexity index is 644. The number of carboxylic acids is 1. The average Bonchev–Trinajstić information content (AvgIpc) is 2.59. The summed E-state index contributed by atoms with van der Waals surface area (Å²) in [5.41, 5.74) is 0.836. The van der Waals surface area contributed by atoms with Gasteiger partial charge in [-0.15, -0.1) is 0 Å². The van der Waals surface area contributed by atoms with Crippen LogP contribution in [-0.2, 0) is 14.3 Å². The molecule has 0 spiro atoms. The molecule has 7 heteroatoms. The summed E-state index contributed by atoms with van der Waals surface area (Å²) in [5.74, 6) is -1.62. The number of nitrogens with zero attached hydrogens (tertiary/aromatic N) is 1. The van der Waals surface area contributed by atoms with Crippen LogP contribution in [0.3, 0.4) is 0 Å². The topological polar surface area (TPSA) is 95.9 Å². The summed E-state index contributed by atoms with van der Waals surface area (Å²) in [7, 11) is 0. The van der Waals surface area contributed by atoms with Crippen molar-refractivity contribution in [2.45, 2.75) is 45.3 Å². The number of piperidine rings is 1. The summed E-state index contributed by atoms with van der Waals surface area (Å²) >= 11 is 0. The van der Waals surface area contributed by atoms with Crippen LogP contribution in [-0.4, -0.2) is 53.1 Å². The second-order valence-electron chi connectivity index (χ2n) is 6.34. The van der Waals surface area contributed by atoms with Crippen LogP contribution in [0.25, 0.3) is 0 Å². The van der Waals surface area contributed by atoms with E-state index in [2.05, 4.69) is 5.32 Å². The van der Waals surface area contributed by atoms with Crippen molar-refractivity contribution in [1.82, 2.24) is 4.90 Å². The molecule has 0 saturated carbocycles. The third-order valence-corrected chi connectivity index (χ3v) is 3.99. The van der Waals surface area contributed by atoms with Crippen molar-refractivity contribution < 1.29 is 24.2 Å². The van der Waals surface area contributed by atoms with Crippen molar-refractivity contribution in [3.63, 3.8) is 0 Å². The second-order valence-corrected chi connectivity index (χ2v) is 6.34. The van der Waals surface area contributed by atoms with E-state index in [0.717, 1.165) is 12.8 Å². The van der Waals surface area contributed by atoms with Gasteiger partial charge in [-0.2, -0.15) is 0 Å². The molecule has 136 valence electrons. The molecule has 1 fully saturated rings. The molecule has 1 atom stereocenters. The molecule has 1 aromatic carbocycles. The van der Waals surface area contributed by atoms with Crippen molar-refractivity contribution >= 4 is 23.5 Å². The summed E-state index contributed by atoms with van der Waals surface area (Å²) in [6, 6.07) is 5.72. The van der Waals surface area contributed by atoms with E-state index in [-0.39, 0.29) is 24.5 Å². The van der Waals surface area contributed by atoms with Gasteiger partial charge < -0.3 is 20.1 Å². The zero-order valence-electron chi connectivity index (χ0n) is 14.5. The maximum absolute atomic E-state index is 12.7. The average molecular weight is 348 g/mol. The van der Waals surface area contributed by atoms with Crippen molar-refractivity contribution in [2.24, 2.45) is 0 Å². The second kappa shape index (κ2) is 8.62. The summed E-state index contributed by atoms with van der Waals surface area (Å²) in [6.07, 6.45) is 2.00. The molecule has 1 heterocycles. The number of amides is 2. The van der Waals surface area contributed by atoms with Gasteiger partial charge in [0, 0.05) is 17.8 Å². The van der Waals surface area contributed by atoms with E-state index in [4.69, 9.17) is 4.74 Å². The Morgan fingerprint density at radius 1 is 1.32 bits per heavy atom. The summed E-state index contributed by atoms with van der Waals surface area (Å²) < 4.78 is 5.24. The highest BCUT2D eigenvalue weighted by molar-refractivity contribution is 5.99. The van der Waals surface area contributed by atoms with Gasteiger partial charge >= 0.3 is 5.97 Å². The van der Waals surface area contributed by atoms with E-state index in [9.17, 15) is 19.5 Å². The lowest BCUT2D eigenvalue weighted by Crippen LogP contribution is -2.48. The Balaban J connectivity index is 2.08. The fraction of sp³-hybridized carbons (Fsp3) is 0.500. The van der Waals surface area contributed by atoms with E-state index >= 15 is 0 Å². The monoisotopic (exact) mass is 348 g/mol. The quantitative estimate of drug-likeness (QED) is 0.821. The first kappa shape index (κ1) is 18.9. The molecule has 1 aliphatic rings. The fourth-order valence-corrected chi connectivity index (χ4v) is 2.77. The molecule has 25 heavy (non-hydrogen) atoms. The molecule has 1 saturated heterocycles. The number of aliphatic carboxylic acids is 1. The van der Waals surface area contributed by atoms with Crippen LogP contribution in [0.15, 0.2) is 24.3 Å². The van der Waals surface area contributed by atoms with Crippen LogP contribution in [0, 0.1) is 0 Å². The number of nitrogens with one attached hydrogen (secondary N) is 1. The van der Waals surface area contributed by atoms with Gasteiger partial charge in [-0.05, 0) is 51.3 Å². The number of likely N-dealkylation sites (tertiary alicyclic amines) is 1. The molecule has 0 aliphatic carbocycles. The molecule has 2 rings (SSSR count). The Morgan fingerprint density at radius 2 is 2.08 bits per heavy atom.